The van der Waals surface area contributed by atoms with Gasteiger partial charge in [0, 0.05) is 45.1 Å². The summed E-state index contributed by atoms with van der Waals surface area (Å²) in [5.74, 6) is -0.402. The Labute approximate surface area is 183 Å². The molecule has 1 aliphatic rings. The van der Waals surface area contributed by atoms with Crippen molar-refractivity contribution in [1.29, 1.82) is 0 Å². The van der Waals surface area contributed by atoms with Crippen molar-refractivity contribution in [2.24, 2.45) is 5.92 Å². The monoisotopic (exact) mass is 446 g/mol. The average Bonchev–Trinajstić information content (AvgIpc) is 3.10. The summed E-state index contributed by atoms with van der Waals surface area (Å²) in [4.78, 5) is 14.8. The molecule has 1 aromatic heterocycles. The highest BCUT2D eigenvalue weighted by Gasteiger charge is 2.37. The molecule has 8 nitrogen and oxygen atoms in total. The number of amides is 1. The van der Waals surface area contributed by atoms with E-state index in [-0.39, 0.29) is 23.1 Å². The van der Waals surface area contributed by atoms with Crippen molar-refractivity contribution in [3.63, 3.8) is 0 Å². The number of rotatable bonds is 6. The number of carbonyl (C=O) groups excluding carboxylic acids is 1. The normalized spacial score (nSPS) is 17.8. The first kappa shape index (κ1) is 23.0. The maximum Gasteiger partial charge on any atom is 0.248 e. The van der Waals surface area contributed by atoms with Crippen molar-refractivity contribution in [3.8, 4) is 0 Å². The van der Waals surface area contributed by atoms with Crippen LogP contribution >= 0.6 is 0 Å². The molecule has 1 aromatic carbocycles. The number of nitrogens with one attached hydrogen (secondary N) is 1. The standard InChI is InChI=1S/C22H30N4O4S/c1-15-8-9-16(2)19(13-15)23-22(27)18-7-6-11-26(14-18)31(28,29)21-17(3)24-30-20(21)10-12-25(4)5/h8-10,12-13,18H,6-7,11,14H2,1-5H3,(H,23,27)/b12-10+/t18-/m1/s1. The smallest absolute Gasteiger partial charge is 0.248 e. The Bertz CT molecular complexity index is 1090. The van der Waals surface area contributed by atoms with E-state index in [4.69, 9.17) is 4.52 Å². The van der Waals surface area contributed by atoms with E-state index in [1.165, 1.54) is 4.31 Å². The lowest BCUT2D eigenvalue weighted by Crippen LogP contribution is -2.44. The fraction of sp³-hybridized carbons (Fsp3) is 0.455. The molecule has 0 unspecified atom stereocenters. The lowest BCUT2D eigenvalue weighted by molar-refractivity contribution is -0.120. The summed E-state index contributed by atoms with van der Waals surface area (Å²) in [6, 6.07) is 5.87. The van der Waals surface area contributed by atoms with E-state index in [0.717, 1.165) is 16.8 Å². The van der Waals surface area contributed by atoms with Gasteiger partial charge in [-0.05, 0) is 50.8 Å². The molecule has 0 radical (unpaired) electrons. The molecule has 1 saturated heterocycles. The molecule has 1 amide bonds. The fourth-order valence-electron chi connectivity index (χ4n) is 3.62. The molecule has 9 heteroatoms. The number of nitrogens with zero attached hydrogens (tertiary/aromatic N) is 3. The summed E-state index contributed by atoms with van der Waals surface area (Å²) in [7, 11) is -0.193. The van der Waals surface area contributed by atoms with Gasteiger partial charge in [0.15, 0.2) is 10.7 Å². The summed E-state index contributed by atoms with van der Waals surface area (Å²) in [5.41, 5.74) is 3.09. The highest BCUT2D eigenvalue weighted by atomic mass is 32.2. The number of carbonyl (C=O) groups is 1. The Balaban J connectivity index is 1.81. The van der Waals surface area contributed by atoms with Crippen LogP contribution in [0.25, 0.3) is 6.08 Å². The van der Waals surface area contributed by atoms with E-state index in [1.54, 1.807) is 24.1 Å². The number of anilines is 1. The first-order chi connectivity index (χ1) is 14.6. The summed E-state index contributed by atoms with van der Waals surface area (Å²) in [5, 5.41) is 6.83. The number of aryl methyl sites for hydroxylation is 3. The van der Waals surface area contributed by atoms with Crippen LogP contribution in [0.3, 0.4) is 0 Å². The Kier molecular flexibility index (Phi) is 6.86. The van der Waals surface area contributed by atoms with Gasteiger partial charge in [-0.15, -0.1) is 0 Å². The third kappa shape index (κ3) is 5.16. The molecule has 1 fully saturated rings. The number of hydrogen-bond donors (Lipinski definition) is 1. The zero-order valence-corrected chi connectivity index (χ0v) is 19.5. The molecule has 1 N–H and O–H groups in total. The second-order valence-electron chi connectivity index (χ2n) is 8.25. The molecule has 1 aliphatic heterocycles. The van der Waals surface area contributed by atoms with Gasteiger partial charge in [-0.25, -0.2) is 8.42 Å². The minimum Gasteiger partial charge on any atom is -0.383 e. The first-order valence-corrected chi connectivity index (χ1v) is 11.7. The van der Waals surface area contributed by atoms with Crippen LogP contribution in [-0.2, 0) is 14.8 Å². The molecular formula is C22H30N4O4S. The second-order valence-corrected chi connectivity index (χ2v) is 10.1. The zero-order chi connectivity index (χ0) is 22.8. The summed E-state index contributed by atoms with van der Waals surface area (Å²) >= 11 is 0. The Morgan fingerprint density at radius 2 is 2.03 bits per heavy atom. The predicted octanol–water partition coefficient (Wildman–Crippen LogP) is 3.17. The summed E-state index contributed by atoms with van der Waals surface area (Å²) in [6.07, 6.45) is 4.53. The van der Waals surface area contributed by atoms with Crippen molar-refractivity contribution in [1.82, 2.24) is 14.4 Å². The van der Waals surface area contributed by atoms with E-state index in [0.29, 0.717) is 25.1 Å². The predicted molar refractivity (Wildman–Crippen MR) is 120 cm³/mol. The number of hydrogen-bond acceptors (Lipinski definition) is 6. The molecule has 168 valence electrons. The van der Waals surface area contributed by atoms with Gasteiger partial charge in [-0.3, -0.25) is 4.79 Å². The van der Waals surface area contributed by atoms with E-state index < -0.39 is 15.9 Å². The topological polar surface area (TPSA) is 95.8 Å². The van der Waals surface area contributed by atoms with Gasteiger partial charge in [-0.1, -0.05) is 17.3 Å². The van der Waals surface area contributed by atoms with Gasteiger partial charge in [0.25, 0.3) is 0 Å². The molecule has 0 bridgehead atoms. The fourth-order valence-corrected chi connectivity index (χ4v) is 5.40. The molecule has 0 saturated carbocycles. The van der Waals surface area contributed by atoms with Crippen LogP contribution in [0.5, 0.6) is 0 Å². The second kappa shape index (κ2) is 9.23. The number of piperidine rings is 1. The number of benzene rings is 1. The first-order valence-electron chi connectivity index (χ1n) is 10.3. The van der Waals surface area contributed by atoms with Gasteiger partial charge < -0.3 is 14.7 Å². The molecular weight excluding hydrogens is 416 g/mol. The lowest BCUT2D eigenvalue weighted by atomic mass is 9.98. The Morgan fingerprint density at radius 1 is 1.29 bits per heavy atom. The van der Waals surface area contributed by atoms with Gasteiger partial charge in [0.1, 0.15) is 5.69 Å². The van der Waals surface area contributed by atoms with Crippen molar-refractivity contribution in [3.05, 3.63) is 47.0 Å². The van der Waals surface area contributed by atoms with E-state index >= 15 is 0 Å². The molecule has 0 spiro atoms. The molecule has 31 heavy (non-hydrogen) atoms. The van der Waals surface area contributed by atoms with Crippen molar-refractivity contribution < 1.29 is 17.7 Å². The van der Waals surface area contributed by atoms with Gasteiger partial charge in [0.2, 0.25) is 15.9 Å². The van der Waals surface area contributed by atoms with Crippen LogP contribution in [0.4, 0.5) is 5.69 Å². The van der Waals surface area contributed by atoms with Crippen molar-refractivity contribution in [2.75, 3.05) is 32.5 Å². The van der Waals surface area contributed by atoms with E-state index in [2.05, 4.69) is 10.5 Å². The molecule has 1 atom stereocenters. The van der Waals surface area contributed by atoms with E-state index in [1.807, 2.05) is 46.1 Å². The number of aromatic nitrogens is 1. The average molecular weight is 447 g/mol. The quantitative estimate of drug-likeness (QED) is 0.732. The van der Waals surface area contributed by atoms with Crippen LogP contribution in [0.2, 0.25) is 0 Å². The van der Waals surface area contributed by atoms with Crippen LogP contribution in [0.1, 0.15) is 35.4 Å². The molecule has 0 aliphatic carbocycles. The highest BCUT2D eigenvalue weighted by molar-refractivity contribution is 7.89. The zero-order valence-electron chi connectivity index (χ0n) is 18.7. The molecule has 3 rings (SSSR count). The third-order valence-corrected chi connectivity index (χ3v) is 7.39. The molecule has 2 aromatic rings. The minimum absolute atomic E-state index is 0.0567. The van der Waals surface area contributed by atoms with Gasteiger partial charge in [0.05, 0.1) is 5.92 Å². The summed E-state index contributed by atoms with van der Waals surface area (Å²) < 4.78 is 33.4. The third-order valence-electron chi connectivity index (χ3n) is 5.36. The van der Waals surface area contributed by atoms with Crippen LogP contribution < -0.4 is 5.32 Å². The summed E-state index contributed by atoms with van der Waals surface area (Å²) in [6.45, 7) is 5.99. The number of sulfonamides is 1. The van der Waals surface area contributed by atoms with Crippen LogP contribution in [0, 0.1) is 26.7 Å². The van der Waals surface area contributed by atoms with E-state index in [9.17, 15) is 13.2 Å². The highest BCUT2D eigenvalue weighted by Crippen LogP contribution is 2.29. The Hall–Kier alpha value is -2.65. The van der Waals surface area contributed by atoms with Gasteiger partial charge >= 0.3 is 0 Å². The Morgan fingerprint density at radius 3 is 2.74 bits per heavy atom. The van der Waals surface area contributed by atoms with Crippen LogP contribution in [0.15, 0.2) is 33.8 Å². The lowest BCUT2D eigenvalue weighted by Gasteiger charge is -2.31. The van der Waals surface area contributed by atoms with Crippen LogP contribution in [-0.4, -0.2) is 55.9 Å². The van der Waals surface area contributed by atoms with Gasteiger partial charge in [-0.2, -0.15) is 4.31 Å². The maximum absolute atomic E-state index is 13.4. The maximum atomic E-state index is 13.4. The van der Waals surface area contributed by atoms with Crippen molar-refractivity contribution >= 4 is 27.7 Å². The molecule has 2 heterocycles. The largest absolute Gasteiger partial charge is 0.383 e. The SMILES string of the molecule is Cc1ccc(C)c(NC(=O)[C@@H]2CCCN(S(=O)(=O)c3c(C)noc3/C=C/N(C)C)C2)c1. The van der Waals surface area contributed by atoms with Crippen molar-refractivity contribution in [2.45, 2.75) is 38.5 Å². The minimum atomic E-state index is -3.85.